The monoisotopic (exact) mass is 413 g/mol. The molecule has 0 saturated carbocycles. The summed E-state index contributed by atoms with van der Waals surface area (Å²) >= 11 is 0. The van der Waals surface area contributed by atoms with E-state index in [4.69, 9.17) is 14.2 Å². The van der Waals surface area contributed by atoms with E-state index in [1.54, 1.807) is 0 Å². The number of rotatable bonds is 9. The van der Waals surface area contributed by atoms with Crippen LogP contribution in [0, 0.1) is 0 Å². The summed E-state index contributed by atoms with van der Waals surface area (Å²) in [6.45, 7) is 4.70. The number of carbonyl (C=O) groups excluding carboxylic acids is 1. The Hall–Kier alpha value is -2.25. The zero-order chi connectivity index (χ0) is 21.4. The Labute approximate surface area is 178 Å². The van der Waals surface area contributed by atoms with Crippen LogP contribution < -0.4 is 5.32 Å². The lowest BCUT2D eigenvalue weighted by Gasteiger charge is -2.47. The summed E-state index contributed by atoms with van der Waals surface area (Å²) in [6.07, 6.45) is -1.19. The minimum Gasteiger partial charge on any atom is -0.384 e. The number of amides is 1. The molecule has 2 aromatic carbocycles. The maximum Gasteiger partial charge on any atom is 0.216 e. The number of aliphatic hydroxyl groups is 1. The van der Waals surface area contributed by atoms with Gasteiger partial charge in [-0.05, 0) is 24.5 Å². The van der Waals surface area contributed by atoms with Crippen LogP contribution in [-0.2, 0) is 32.2 Å². The largest absolute Gasteiger partial charge is 0.384 e. The number of benzene rings is 2. The Morgan fingerprint density at radius 3 is 2.20 bits per heavy atom. The van der Waals surface area contributed by atoms with Crippen LogP contribution in [-0.4, -0.2) is 48.1 Å². The molecule has 4 atom stereocenters. The first-order valence-corrected chi connectivity index (χ1v) is 10.4. The van der Waals surface area contributed by atoms with Gasteiger partial charge in [0.05, 0.1) is 25.9 Å². The summed E-state index contributed by atoms with van der Waals surface area (Å²) in [7, 11) is 0. The van der Waals surface area contributed by atoms with Gasteiger partial charge < -0.3 is 24.6 Å². The van der Waals surface area contributed by atoms with Crippen LogP contribution in [0.1, 0.15) is 31.4 Å². The Morgan fingerprint density at radius 2 is 1.63 bits per heavy atom. The van der Waals surface area contributed by atoms with Gasteiger partial charge in [-0.25, -0.2) is 0 Å². The first-order valence-electron chi connectivity index (χ1n) is 10.4. The van der Waals surface area contributed by atoms with E-state index < -0.39 is 23.9 Å². The standard InChI is InChI=1S/C24H31NO5/c1-18-24(27,13-14-25-19(2)26)23(30-16-21-11-7-4-8-12-21)22(17-28-18)29-15-20-9-5-3-6-10-20/h3-12,18,22-23,27H,13-17H2,1-2H3,(H,25,26)/t18?,22-,23?,24+/m0/s1. The molecular weight excluding hydrogens is 382 g/mol. The van der Waals surface area contributed by atoms with Crippen molar-refractivity contribution in [3.05, 3.63) is 71.8 Å². The quantitative estimate of drug-likeness (QED) is 0.661. The lowest BCUT2D eigenvalue weighted by Crippen LogP contribution is -2.64. The first kappa shape index (κ1) is 22.4. The Kier molecular flexibility index (Phi) is 7.99. The molecule has 1 aliphatic heterocycles. The van der Waals surface area contributed by atoms with Crippen LogP contribution in [0.2, 0.25) is 0 Å². The number of ether oxygens (including phenoxy) is 3. The Morgan fingerprint density at radius 1 is 1.07 bits per heavy atom. The molecule has 1 aliphatic rings. The van der Waals surface area contributed by atoms with Gasteiger partial charge in [-0.2, -0.15) is 0 Å². The number of hydrogen-bond acceptors (Lipinski definition) is 5. The molecule has 0 aliphatic carbocycles. The normalized spacial score (nSPS) is 26.3. The molecule has 6 nitrogen and oxygen atoms in total. The Bertz CT molecular complexity index is 785. The second-order valence-electron chi connectivity index (χ2n) is 7.75. The zero-order valence-electron chi connectivity index (χ0n) is 17.6. The maximum atomic E-state index is 11.6. The summed E-state index contributed by atoms with van der Waals surface area (Å²) in [5.74, 6) is -0.137. The van der Waals surface area contributed by atoms with E-state index in [-0.39, 0.29) is 5.91 Å². The highest BCUT2D eigenvalue weighted by atomic mass is 16.6. The van der Waals surface area contributed by atoms with Crippen molar-refractivity contribution in [1.82, 2.24) is 5.32 Å². The molecule has 2 unspecified atom stereocenters. The fourth-order valence-corrected chi connectivity index (χ4v) is 3.73. The van der Waals surface area contributed by atoms with Crippen LogP contribution in [0.15, 0.2) is 60.7 Å². The molecular formula is C24H31NO5. The molecule has 2 aromatic rings. The second kappa shape index (κ2) is 10.7. The predicted molar refractivity (Wildman–Crippen MR) is 114 cm³/mol. The second-order valence-corrected chi connectivity index (χ2v) is 7.75. The van der Waals surface area contributed by atoms with Gasteiger partial charge in [0.2, 0.25) is 5.91 Å². The smallest absolute Gasteiger partial charge is 0.216 e. The first-order chi connectivity index (χ1) is 14.5. The highest BCUT2D eigenvalue weighted by molar-refractivity contribution is 5.72. The van der Waals surface area contributed by atoms with Crippen molar-refractivity contribution in [2.24, 2.45) is 0 Å². The van der Waals surface area contributed by atoms with Gasteiger partial charge >= 0.3 is 0 Å². The highest BCUT2D eigenvalue weighted by Gasteiger charge is 2.51. The summed E-state index contributed by atoms with van der Waals surface area (Å²) in [4.78, 5) is 11.3. The third kappa shape index (κ3) is 5.89. The van der Waals surface area contributed by atoms with Gasteiger partial charge in [0.25, 0.3) is 0 Å². The van der Waals surface area contributed by atoms with Crippen LogP contribution in [0.5, 0.6) is 0 Å². The summed E-state index contributed by atoms with van der Waals surface area (Å²) < 4.78 is 18.3. The molecule has 1 amide bonds. The van der Waals surface area contributed by atoms with Crippen LogP contribution >= 0.6 is 0 Å². The predicted octanol–water partition coefficient (Wildman–Crippen LogP) is 2.83. The van der Waals surface area contributed by atoms with Gasteiger partial charge in [-0.3, -0.25) is 4.79 Å². The summed E-state index contributed by atoms with van der Waals surface area (Å²) in [6, 6.07) is 19.7. The molecule has 1 fully saturated rings. The lowest BCUT2D eigenvalue weighted by atomic mass is 9.82. The van der Waals surface area contributed by atoms with Crippen molar-refractivity contribution in [2.45, 2.75) is 57.4 Å². The highest BCUT2D eigenvalue weighted by Crippen LogP contribution is 2.34. The van der Waals surface area contributed by atoms with Crippen molar-refractivity contribution >= 4 is 5.91 Å². The van der Waals surface area contributed by atoms with Gasteiger partial charge in [0.1, 0.15) is 17.8 Å². The van der Waals surface area contributed by atoms with Gasteiger partial charge in [-0.15, -0.1) is 0 Å². The minimum atomic E-state index is -1.29. The molecule has 30 heavy (non-hydrogen) atoms. The van der Waals surface area contributed by atoms with E-state index in [2.05, 4.69) is 5.32 Å². The van der Waals surface area contributed by atoms with E-state index >= 15 is 0 Å². The SMILES string of the molecule is CC(=O)NCC[C@@]1(O)C(C)OC[C@H](OCc2ccccc2)C1OCc1ccccc1. The molecule has 2 N–H and O–H groups in total. The minimum absolute atomic E-state index is 0.137. The van der Waals surface area contributed by atoms with E-state index in [0.717, 1.165) is 11.1 Å². The number of carbonyl (C=O) groups is 1. The maximum absolute atomic E-state index is 11.6. The zero-order valence-corrected chi connectivity index (χ0v) is 17.6. The average Bonchev–Trinajstić information content (AvgIpc) is 2.75. The molecule has 1 heterocycles. The molecule has 0 bridgehead atoms. The van der Waals surface area contributed by atoms with E-state index in [1.807, 2.05) is 67.6 Å². The molecule has 0 radical (unpaired) electrons. The van der Waals surface area contributed by atoms with Crippen LogP contribution in [0.4, 0.5) is 0 Å². The number of nitrogens with one attached hydrogen (secondary N) is 1. The fraction of sp³-hybridized carbons (Fsp3) is 0.458. The number of hydrogen-bond donors (Lipinski definition) is 2. The average molecular weight is 414 g/mol. The van der Waals surface area contributed by atoms with Crippen molar-refractivity contribution in [3.63, 3.8) is 0 Å². The summed E-state index contributed by atoms with van der Waals surface area (Å²) in [5.41, 5.74) is 0.763. The fourth-order valence-electron chi connectivity index (χ4n) is 3.73. The molecule has 162 valence electrons. The van der Waals surface area contributed by atoms with E-state index in [0.29, 0.717) is 32.8 Å². The van der Waals surface area contributed by atoms with Crippen LogP contribution in [0.25, 0.3) is 0 Å². The van der Waals surface area contributed by atoms with Crippen molar-refractivity contribution in [3.8, 4) is 0 Å². The molecule has 6 heteroatoms. The molecule has 1 saturated heterocycles. The topological polar surface area (TPSA) is 77.0 Å². The summed E-state index contributed by atoms with van der Waals surface area (Å²) in [5, 5.41) is 14.3. The third-order valence-corrected chi connectivity index (χ3v) is 5.52. The lowest BCUT2D eigenvalue weighted by molar-refractivity contribution is -0.267. The van der Waals surface area contributed by atoms with Gasteiger partial charge in [-0.1, -0.05) is 60.7 Å². The van der Waals surface area contributed by atoms with Crippen LogP contribution in [0.3, 0.4) is 0 Å². The Balaban J connectivity index is 1.75. The molecule has 3 rings (SSSR count). The van der Waals surface area contributed by atoms with Gasteiger partial charge in [0, 0.05) is 13.5 Å². The van der Waals surface area contributed by atoms with Crippen molar-refractivity contribution in [2.75, 3.05) is 13.2 Å². The third-order valence-electron chi connectivity index (χ3n) is 5.52. The molecule has 0 aromatic heterocycles. The van der Waals surface area contributed by atoms with Gasteiger partial charge in [0.15, 0.2) is 0 Å². The van der Waals surface area contributed by atoms with Crippen molar-refractivity contribution < 1.29 is 24.1 Å². The van der Waals surface area contributed by atoms with E-state index in [1.165, 1.54) is 6.92 Å². The van der Waals surface area contributed by atoms with Crippen molar-refractivity contribution in [1.29, 1.82) is 0 Å². The molecule has 0 spiro atoms. The van der Waals surface area contributed by atoms with E-state index in [9.17, 15) is 9.90 Å².